The third-order valence-corrected chi connectivity index (χ3v) is 5.16. The maximum atomic E-state index is 12.8. The van der Waals surface area contributed by atoms with Crippen LogP contribution in [0.5, 0.6) is 17.2 Å². The molecule has 0 saturated carbocycles. The molecule has 2 N–H and O–H groups in total. The third-order valence-electron chi connectivity index (χ3n) is 5.16. The monoisotopic (exact) mass is 421 g/mol. The average Bonchev–Trinajstić information content (AvgIpc) is 2.82. The van der Waals surface area contributed by atoms with E-state index in [1.165, 1.54) is 21.3 Å². The zero-order valence-corrected chi connectivity index (χ0v) is 18.1. The van der Waals surface area contributed by atoms with Crippen LogP contribution in [0.15, 0.2) is 66.7 Å². The predicted octanol–water partition coefficient (Wildman–Crippen LogP) is 4.02. The standard InChI is InChI=1S/C25H27NO5/c1-25(28,19-12-10-18(11-13-19)17-8-6-5-7-9-17)16-26-24(27)20-14-15-21(29-2)23(31-4)22(20)30-3/h5-15,28H,16H2,1-4H3,(H,26,27). The number of nitrogens with one attached hydrogen (secondary N) is 1. The van der Waals surface area contributed by atoms with Gasteiger partial charge >= 0.3 is 0 Å². The minimum atomic E-state index is -1.26. The summed E-state index contributed by atoms with van der Waals surface area (Å²) >= 11 is 0. The molecule has 1 amide bonds. The maximum absolute atomic E-state index is 12.8. The summed E-state index contributed by atoms with van der Waals surface area (Å²) in [5, 5.41) is 13.7. The zero-order valence-electron chi connectivity index (χ0n) is 18.1. The number of carbonyl (C=O) groups excluding carboxylic acids is 1. The van der Waals surface area contributed by atoms with E-state index in [2.05, 4.69) is 5.32 Å². The van der Waals surface area contributed by atoms with E-state index in [0.717, 1.165) is 11.1 Å². The number of hydrogen-bond donors (Lipinski definition) is 2. The van der Waals surface area contributed by atoms with E-state index >= 15 is 0 Å². The van der Waals surface area contributed by atoms with Gasteiger partial charge in [0.15, 0.2) is 11.5 Å². The lowest BCUT2D eigenvalue weighted by atomic mass is 9.93. The van der Waals surface area contributed by atoms with Gasteiger partial charge in [-0.3, -0.25) is 4.79 Å². The Balaban J connectivity index is 1.75. The number of carbonyl (C=O) groups is 1. The van der Waals surface area contributed by atoms with Crippen LogP contribution in [0.2, 0.25) is 0 Å². The topological polar surface area (TPSA) is 77.0 Å². The van der Waals surface area contributed by atoms with Gasteiger partial charge < -0.3 is 24.6 Å². The van der Waals surface area contributed by atoms with Gasteiger partial charge in [0.25, 0.3) is 5.91 Å². The summed E-state index contributed by atoms with van der Waals surface area (Å²) in [4.78, 5) is 12.8. The lowest BCUT2D eigenvalue weighted by Crippen LogP contribution is -2.38. The van der Waals surface area contributed by atoms with Gasteiger partial charge in [-0.1, -0.05) is 54.6 Å². The maximum Gasteiger partial charge on any atom is 0.255 e. The minimum Gasteiger partial charge on any atom is -0.493 e. The second-order valence-corrected chi connectivity index (χ2v) is 7.28. The van der Waals surface area contributed by atoms with Gasteiger partial charge in [0.1, 0.15) is 5.60 Å². The molecule has 0 aliphatic heterocycles. The van der Waals surface area contributed by atoms with Crippen molar-refractivity contribution in [2.24, 2.45) is 0 Å². The summed E-state index contributed by atoms with van der Waals surface area (Å²) in [5.41, 5.74) is 1.89. The summed E-state index contributed by atoms with van der Waals surface area (Å²) in [7, 11) is 4.45. The van der Waals surface area contributed by atoms with Gasteiger partial charge in [-0.2, -0.15) is 0 Å². The molecule has 0 fully saturated rings. The first-order valence-electron chi connectivity index (χ1n) is 9.86. The minimum absolute atomic E-state index is 0.0218. The molecule has 1 unspecified atom stereocenters. The number of amides is 1. The molecule has 0 aliphatic carbocycles. The molecule has 0 aromatic heterocycles. The Morgan fingerprint density at radius 1 is 0.839 bits per heavy atom. The highest BCUT2D eigenvalue weighted by molar-refractivity contribution is 5.98. The molecule has 3 aromatic carbocycles. The summed E-state index contributed by atoms with van der Waals surface area (Å²) in [6, 6.07) is 20.9. The zero-order chi connectivity index (χ0) is 22.4. The van der Waals surface area contributed by atoms with Crippen molar-refractivity contribution in [1.82, 2.24) is 5.32 Å². The Morgan fingerprint density at radius 2 is 1.45 bits per heavy atom. The number of ether oxygens (including phenoxy) is 3. The fourth-order valence-corrected chi connectivity index (χ4v) is 3.38. The summed E-state index contributed by atoms with van der Waals surface area (Å²) < 4.78 is 16.0. The summed E-state index contributed by atoms with van der Waals surface area (Å²) in [6.45, 7) is 1.69. The highest BCUT2D eigenvalue weighted by Gasteiger charge is 2.26. The van der Waals surface area contributed by atoms with Gasteiger partial charge in [-0.05, 0) is 35.7 Å². The van der Waals surface area contributed by atoms with Gasteiger partial charge in [0, 0.05) is 0 Å². The second-order valence-electron chi connectivity index (χ2n) is 7.28. The van der Waals surface area contributed by atoms with E-state index in [1.54, 1.807) is 19.1 Å². The van der Waals surface area contributed by atoms with E-state index < -0.39 is 5.60 Å². The fourth-order valence-electron chi connectivity index (χ4n) is 3.38. The van der Waals surface area contributed by atoms with Gasteiger partial charge in [-0.15, -0.1) is 0 Å². The first-order chi connectivity index (χ1) is 14.9. The Bertz CT molecular complexity index is 1030. The normalized spacial score (nSPS) is 12.5. The summed E-state index contributed by atoms with van der Waals surface area (Å²) in [6.07, 6.45) is 0. The molecule has 0 heterocycles. The first kappa shape index (κ1) is 22.2. The number of benzene rings is 3. The SMILES string of the molecule is COc1ccc(C(=O)NCC(C)(O)c2ccc(-c3ccccc3)cc2)c(OC)c1OC. The lowest BCUT2D eigenvalue weighted by Gasteiger charge is -2.25. The molecule has 0 aliphatic rings. The molecular weight excluding hydrogens is 394 g/mol. The Labute approximate surface area is 182 Å². The Kier molecular flexibility index (Phi) is 6.82. The molecule has 162 valence electrons. The van der Waals surface area contributed by atoms with Crippen molar-refractivity contribution in [2.75, 3.05) is 27.9 Å². The van der Waals surface area contributed by atoms with Crippen LogP contribution in [0.3, 0.4) is 0 Å². The highest BCUT2D eigenvalue weighted by Crippen LogP contribution is 2.39. The molecule has 0 spiro atoms. The van der Waals surface area contributed by atoms with Crippen LogP contribution in [0.4, 0.5) is 0 Å². The van der Waals surface area contributed by atoms with Gasteiger partial charge in [0.05, 0.1) is 33.4 Å². The largest absolute Gasteiger partial charge is 0.493 e. The van der Waals surface area contributed by atoms with Crippen LogP contribution in [0, 0.1) is 0 Å². The van der Waals surface area contributed by atoms with E-state index in [1.807, 2.05) is 54.6 Å². The van der Waals surface area contributed by atoms with Crippen LogP contribution in [-0.2, 0) is 5.60 Å². The van der Waals surface area contributed by atoms with Crippen molar-refractivity contribution < 1.29 is 24.1 Å². The molecule has 3 rings (SSSR count). The molecule has 0 radical (unpaired) electrons. The third kappa shape index (κ3) is 4.81. The van der Waals surface area contributed by atoms with Gasteiger partial charge in [0.2, 0.25) is 5.75 Å². The van der Waals surface area contributed by atoms with Crippen LogP contribution >= 0.6 is 0 Å². The van der Waals surface area contributed by atoms with E-state index in [4.69, 9.17) is 14.2 Å². The van der Waals surface area contributed by atoms with Crippen LogP contribution < -0.4 is 19.5 Å². The quantitative estimate of drug-likeness (QED) is 0.575. The lowest BCUT2D eigenvalue weighted by molar-refractivity contribution is 0.0525. The molecular formula is C25H27NO5. The molecule has 6 heteroatoms. The molecule has 0 bridgehead atoms. The van der Waals surface area contributed by atoms with Crippen molar-refractivity contribution in [3.05, 3.63) is 77.9 Å². The first-order valence-corrected chi connectivity index (χ1v) is 9.86. The van der Waals surface area contributed by atoms with Crippen molar-refractivity contribution in [1.29, 1.82) is 0 Å². The number of hydrogen-bond acceptors (Lipinski definition) is 5. The van der Waals surface area contributed by atoms with Crippen LogP contribution in [-0.4, -0.2) is 38.9 Å². The summed E-state index contributed by atoms with van der Waals surface area (Å²) in [5.74, 6) is 0.674. The smallest absolute Gasteiger partial charge is 0.255 e. The molecule has 6 nitrogen and oxygen atoms in total. The van der Waals surface area contributed by atoms with Crippen molar-refractivity contribution in [3.63, 3.8) is 0 Å². The van der Waals surface area contributed by atoms with Crippen molar-refractivity contribution >= 4 is 5.91 Å². The highest BCUT2D eigenvalue weighted by atomic mass is 16.5. The fraction of sp³-hybridized carbons (Fsp3) is 0.240. The van der Waals surface area contributed by atoms with Crippen LogP contribution in [0.1, 0.15) is 22.8 Å². The molecule has 31 heavy (non-hydrogen) atoms. The second kappa shape index (κ2) is 9.53. The predicted molar refractivity (Wildman–Crippen MR) is 120 cm³/mol. The van der Waals surface area contributed by atoms with Crippen molar-refractivity contribution in [2.45, 2.75) is 12.5 Å². The molecule has 1 atom stereocenters. The Hall–Kier alpha value is -3.51. The number of rotatable bonds is 8. The molecule has 0 saturated heterocycles. The number of aliphatic hydroxyl groups is 1. The van der Waals surface area contributed by atoms with E-state index in [-0.39, 0.29) is 23.8 Å². The van der Waals surface area contributed by atoms with Crippen LogP contribution in [0.25, 0.3) is 11.1 Å². The van der Waals surface area contributed by atoms with Gasteiger partial charge in [-0.25, -0.2) is 0 Å². The number of methoxy groups -OCH3 is 3. The Morgan fingerprint density at radius 3 is 2.03 bits per heavy atom. The average molecular weight is 421 g/mol. The van der Waals surface area contributed by atoms with E-state index in [0.29, 0.717) is 17.1 Å². The molecule has 3 aromatic rings. The van der Waals surface area contributed by atoms with E-state index in [9.17, 15) is 9.90 Å². The van der Waals surface area contributed by atoms with Crippen molar-refractivity contribution in [3.8, 4) is 28.4 Å².